The van der Waals surface area contributed by atoms with E-state index in [1.165, 1.54) is 7.11 Å². The maximum absolute atomic E-state index is 14.5. The van der Waals surface area contributed by atoms with E-state index in [1.54, 1.807) is 24.3 Å². The first-order valence-corrected chi connectivity index (χ1v) is 9.88. The second-order valence-corrected chi connectivity index (χ2v) is 7.69. The number of halogens is 2. The van der Waals surface area contributed by atoms with Gasteiger partial charge in [-0.05, 0) is 48.6 Å². The number of imide groups is 1. The molecule has 0 spiro atoms. The molecular formula is C23H22F2N2O3. The van der Waals surface area contributed by atoms with Gasteiger partial charge in [0.05, 0.1) is 18.4 Å². The minimum absolute atomic E-state index is 0.223. The zero-order valence-corrected chi connectivity index (χ0v) is 16.8. The third kappa shape index (κ3) is 3.44. The monoisotopic (exact) mass is 412 g/mol. The highest BCUT2D eigenvalue weighted by Crippen LogP contribution is 2.37. The molecular weight excluding hydrogens is 390 g/mol. The van der Waals surface area contributed by atoms with Crippen LogP contribution < -0.4 is 9.64 Å². The highest BCUT2D eigenvalue weighted by Gasteiger charge is 2.44. The van der Waals surface area contributed by atoms with E-state index in [1.807, 2.05) is 4.90 Å². The number of carbonyl (C=O) groups excluding carboxylic acids is 2. The zero-order valence-electron chi connectivity index (χ0n) is 16.8. The van der Waals surface area contributed by atoms with Gasteiger partial charge in [-0.25, -0.2) is 13.7 Å². The second kappa shape index (κ2) is 7.89. The number of anilines is 1. The Bertz CT molecular complexity index is 1030. The lowest BCUT2D eigenvalue weighted by Gasteiger charge is -2.33. The van der Waals surface area contributed by atoms with E-state index >= 15 is 0 Å². The lowest BCUT2D eigenvalue weighted by atomic mass is 9.98. The molecule has 0 N–H and O–H groups in total. The molecule has 5 nitrogen and oxygen atoms in total. The molecule has 1 fully saturated rings. The van der Waals surface area contributed by atoms with E-state index in [-0.39, 0.29) is 17.0 Å². The van der Waals surface area contributed by atoms with E-state index in [0.29, 0.717) is 36.4 Å². The van der Waals surface area contributed by atoms with E-state index in [4.69, 9.17) is 4.74 Å². The Morgan fingerprint density at radius 1 is 1.03 bits per heavy atom. The van der Waals surface area contributed by atoms with Gasteiger partial charge in [-0.3, -0.25) is 9.59 Å². The van der Waals surface area contributed by atoms with Crippen LogP contribution in [-0.2, 0) is 9.59 Å². The average Bonchev–Trinajstić information content (AvgIpc) is 2.98. The number of ether oxygens (including phenoxy) is 1. The number of benzene rings is 2. The summed E-state index contributed by atoms with van der Waals surface area (Å²) in [5.41, 5.74) is 0.783. The van der Waals surface area contributed by atoms with Crippen molar-refractivity contribution in [1.82, 2.24) is 4.90 Å². The van der Waals surface area contributed by atoms with Gasteiger partial charge in [-0.15, -0.1) is 0 Å². The van der Waals surface area contributed by atoms with Crippen LogP contribution in [0.15, 0.2) is 48.2 Å². The van der Waals surface area contributed by atoms with Gasteiger partial charge in [0.1, 0.15) is 23.1 Å². The summed E-state index contributed by atoms with van der Waals surface area (Å²) in [4.78, 5) is 29.5. The topological polar surface area (TPSA) is 49.9 Å². The third-order valence-corrected chi connectivity index (χ3v) is 5.56. The van der Waals surface area contributed by atoms with Gasteiger partial charge in [0.25, 0.3) is 11.8 Å². The molecule has 2 aromatic rings. The van der Waals surface area contributed by atoms with Gasteiger partial charge >= 0.3 is 0 Å². The maximum atomic E-state index is 14.5. The van der Waals surface area contributed by atoms with Crippen LogP contribution in [-0.4, -0.2) is 36.9 Å². The molecule has 0 radical (unpaired) electrons. The Hall–Kier alpha value is -3.22. The SMILES string of the molecule is COc1ccc(C2=C(N3CCCC(C)C3)C(=O)N(c3ccc(F)cc3F)C2=O)cc1. The van der Waals surface area contributed by atoms with Gasteiger partial charge in [0, 0.05) is 19.2 Å². The molecule has 1 saturated heterocycles. The van der Waals surface area contributed by atoms with Crippen molar-refractivity contribution < 1.29 is 23.1 Å². The largest absolute Gasteiger partial charge is 0.497 e. The van der Waals surface area contributed by atoms with Crippen molar-refractivity contribution in [3.63, 3.8) is 0 Å². The molecule has 2 aliphatic rings. The fraction of sp³-hybridized carbons (Fsp3) is 0.304. The lowest BCUT2D eigenvalue weighted by Crippen LogP contribution is -2.39. The molecule has 1 unspecified atom stereocenters. The molecule has 0 saturated carbocycles. The minimum atomic E-state index is -0.959. The number of hydrogen-bond acceptors (Lipinski definition) is 4. The van der Waals surface area contributed by atoms with Crippen molar-refractivity contribution in [2.75, 3.05) is 25.1 Å². The van der Waals surface area contributed by atoms with Crippen LogP contribution >= 0.6 is 0 Å². The first-order valence-electron chi connectivity index (χ1n) is 9.88. The molecule has 30 heavy (non-hydrogen) atoms. The number of methoxy groups -OCH3 is 1. The van der Waals surface area contributed by atoms with Gasteiger partial charge in [-0.1, -0.05) is 19.1 Å². The van der Waals surface area contributed by atoms with Crippen LogP contribution in [0.4, 0.5) is 14.5 Å². The number of rotatable bonds is 4. The molecule has 0 aliphatic carbocycles. The number of carbonyl (C=O) groups is 2. The van der Waals surface area contributed by atoms with Crippen molar-refractivity contribution in [3.8, 4) is 5.75 Å². The minimum Gasteiger partial charge on any atom is -0.497 e. The summed E-state index contributed by atoms with van der Waals surface area (Å²) in [6.07, 6.45) is 1.94. The zero-order chi connectivity index (χ0) is 21.4. The van der Waals surface area contributed by atoms with Crippen LogP contribution in [0, 0.1) is 17.6 Å². The molecule has 156 valence electrons. The third-order valence-electron chi connectivity index (χ3n) is 5.56. The predicted octanol–water partition coefficient (Wildman–Crippen LogP) is 3.99. The Kier molecular flexibility index (Phi) is 5.28. The molecule has 7 heteroatoms. The molecule has 2 amide bonds. The van der Waals surface area contributed by atoms with Gasteiger partial charge in [-0.2, -0.15) is 0 Å². The van der Waals surface area contributed by atoms with Crippen LogP contribution in [0.2, 0.25) is 0 Å². The van der Waals surface area contributed by atoms with Crippen molar-refractivity contribution in [2.24, 2.45) is 5.92 Å². The summed E-state index contributed by atoms with van der Waals surface area (Å²) in [7, 11) is 1.54. The fourth-order valence-corrected chi connectivity index (χ4v) is 4.10. The Balaban J connectivity index is 1.83. The lowest BCUT2D eigenvalue weighted by molar-refractivity contribution is -0.120. The Morgan fingerprint density at radius 2 is 1.77 bits per heavy atom. The molecule has 0 aromatic heterocycles. The Morgan fingerprint density at radius 3 is 2.40 bits per heavy atom. The second-order valence-electron chi connectivity index (χ2n) is 7.69. The van der Waals surface area contributed by atoms with Crippen molar-refractivity contribution in [1.29, 1.82) is 0 Å². The molecule has 0 bridgehead atoms. The summed E-state index contributed by atoms with van der Waals surface area (Å²) >= 11 is 0. The normalized spacial score (nSPS) is 19.7. The van der Waals surface area contributed by atoms with E-state index in [2.05, 4.69) is 6.92 Å². The summed E-state index contributed by atoms with van der Waals surface area (Å²) < 4.78 is 33.0. The number of likely N-dealkylation sites (tertiary alicyclic amines) is 1. The number of piperidine rings is 1. The van der Waals surface area contributed by atoms with E-state index < -0.39 is 23.4 Å². The van der Waals surface area contributed by atoms with Gasteiger partial charge < -0.3 is 9.64 Å². The van der Waals surface area contributed by atoms with Crippen LogP contribution in [0.5, 0.6) is 5.75 Å². The number of hydrogen-bond donors (Lipinski definition) is 0. The standard InChI is InChI=1S/C23H22F2N2O3/c1-14-4-3-11-26(13-14)21-20(15-5-8-17(30-2)9-6-15)22(28)27(23(21)29)19-10-7-16(24)12-18(19)25/h5-10,12,14H,3-4,11,13H2,1-2H3. The smallest absolute Gasteiger partial charge is 0.282 e. The molecule has 1 atom stereocenters. The Labute approximate surface area is 173 Å². The summed E-state index contributed by atoms with van der Waals surface area (Å²) in [6.45, 7) is 3.37. The fourth-order valence-electron chi connectivity index (χ4n) is 4.10. The first-order chi connectivity index (χ1) is 14.4. The predicted molar refractivity (Wildman–Crippen MR) is 109 cm³/mol. The van der Waals surface area contributed by atoms with Crippen molar-refractivity contribution >= 4 is 23.1 Å². The maximum Gasteiger partial charge on any atom is 0.282 e. The quantitative estimate of drug-likeness (QED) is 0.713. The van der Waals surface area contributed by atoms with E-state index in [0.717, 1.165) is 29.9 Å². The summed E-state index contributed by atoms with van der Waals surface area (Å²) in [6, 6.07) is 9.65. The van der Waals surface area contributed by atoms with Crippen LogP contribution in [0.3, 0.4) is 0 Å². The highest BCUT2D eigenvalue weighted by molar-refractivity contribution is 6.45. The summed E-state index contributed by atoms with van der Waals surface area (Å²) in [5.74, 6) is -1.97. The van der Waals surface area contributed by atoms with Crippen LogP contribution in [0.25, 0.3) is 5.57 Å². The molecule has 4 rings (SSSR count). The first kappa shape index (κ1) is 20.1. The average molecular weight is 412 g/mol. The van der Waals surface area contributed by atoms with Gasteiger partial charge in [0.2, 0.25) is 0 Å². The highest BCUT2D eigenvalue weighted by atomic mass is 19.1. The molecule has 2 aliphatic heterocycles. The van der Waals surface area contributed by atoms with Crippen molar-refractivity contribution in [2.45, 2.75) is 19.8 Å². The summed E-state index contributed by atoms with van der Waals surface area (Å²) in [5, 5.41) is 0. The number of nitrogens with zero attached hydrogens (tertiary/aromatic N) is 2. The van der Waals surface area contributed by atoms with Crippen molar-refractivity contribution in [3.05, 3.63) is 65.4 Å². The van der Waals surface area contributed by atoms with Crippen LogP contribution in [0.1, 0.15) is 25.3 Å². The molecule has 2 aromatic carbocycles. The molecule has 2 heterocycles. The van der Waals surface area contributed by atoms with E-state index in [9.17, 15) is 18.4 Å². The number of amides is 2. The van der Waals surface area contributed by atoms with Gasteiger partial charge in [0.15, 0.2) is 0 Å².